The Kier molecular flexibility index (Phi) is 5.46. The average Bonchev–Trinajstić information content (AvgIpc) is 2.58. The van der Waals surface area contributed by atoms with E-state index < -0.39 is 10.9 Å². The van der Waals surface area contributed by atoms with E-state index in [1.807, 2.05) is 18.2 Å². The van der Waals surface area contributed by atoms with Crippen LogP contribution in [0.1, 0.15) is 11.1 Å². The standard InChI is InChI=1S/C17H15NO5/c1-22-16-5-3-2-4-14(16)12-23-17(19)11-8-13-6-9-15(10-7-13)18(20)21/h2-11H,12H2,1H3/b11-8+. The first-order chi connectivity index (χ1) is 11.1. The van der Waals surface area contributed by atoms with Crippen molar-refractivity contribution in [2.75, 3.05) is 7.11 Å². The zero-order valence-electron chi connectivity index (χ0n) is 12.5. The number of carbonyl (C=O) groups excluding carboxylic acids is 1. The highest BCUT2D eigenvalue weighted by atomic mass is 16.6. The summed E-state index contributed by atoms with van der Waals surface area (Å²) in [6.45, 7) is 0.105. The first kappa shape index (κ1) is 16.2. The number of nitro benzene ring substituents is 1. The van der Waals surface area contributed by atoms with E-state index in [0.29, 0.717) is 11.3 Å². The van der Waals surface area contributed by atoms with Crippen LogP contribution >= 0.6 is 0 Å². The van der Waals surface area contributed by atoms with Crippen LogP contribution < -0.4 is 4.74 Å². The summed E-state index contributed by atoms with van der Waals surface area (Å²) in [5.74, 6) is 0.147. The molecular weight excluding hydrogens is 298 g/mol. The van der Waals surface area contributed by atoms with E-state index in [9.17, 15) is 14.9 Å². The number of nitrogens with zero attached hydrogens (tertiary/aromatic N) is 1. The number of benzene rings is 2. The molecule has 0 radical (unpaired) electrons. The van der Waals surface area contributed by atoms with Gasteiger partial charge in [0, 0.05) is 23.8 Å². The van der Waals surface area contributed by atoms with Gasteiger partial charge in [-0.25, -0.2) is 4.79 Å². The molecule has 6 nitrogen and oxygen atoms in total. The van der Waals surface area contributed by atoms with E-state index in [2.05, 4.69) is 0 Å². The van der Waals surface area contributed by atoms with E-state index in [4.69, 9.17) is 9.47 Å². The molecule has 0 bridgehead atoms. The molecule has 0 saturated carbocycles. The third kappa shape index (κ3) is 4.67. The predicted octanol–water partition coefficient (Wildman–Crippen LogP) is 3.36. The normalized spacial score (nSPS) is 10.5. The number of hydrogen-bond donors (Lipinski definition) is 0. The molecule has 118 valence electrons. The molecule has 0 aliphatic rings. The Bertz CT molecular complexity index is 722. The largest absolute Gasteiger partial charge is 0.496 e. The molecular formula is C17H15NO5. The fraction of sp³-hybridized carbons (Fsp3) is 0.118. The zero-order chi connectivity index (χ0) is 16.7. The highest BCUT2D eigenvalue weighted by Crippen LogP contribution is 2.18. The second-order valence-electron chi connectivity index (χ2n) is 4.60. The number of ether oxygens (including phenoxy) is 2. The lowest BCUT2D eigenvalue weighted by atomic mass is 10.2. The lowest BCUT2D eigenvalue weighted by Crippen LogP contribution is -2.02. The minimum absolute atomic E-state index is 0.000833. The molecule has 2 aromatic rings. The molecule has 0 heterocycles. The van der Waals surface area contributed by atoms with E-state index in [-0.39, 0.29) is 12.3 Å². The summed E-state index contributed by atoms with van der Waals surface area (Å²) >= 11 is 0. The number of esters is 1. The van der Waals surface area contributed by atoms with Gasteiger partial charge in [0.05, 0.1) is 12.0 Å². The summed E-state index contributed by atoms with van der Waals surface area (Å²) in [6, 6.07) is 13.1. The van der Waals surface area contributed by atoms with Gasteiger partial charge in [0.15, 0.2) is 0 Å². The van der Waals surface area contributed by atoms with Crippen molar-refractivity contribution in [1.29, 1.82) is 0 Å². The molecule has 0 amide bonds. The maximum absolute atomic E-state index is 11.7. The molecule has 0 unspecified atom stereocenters. The van der Waals surface area contributed by atoms with Gasteiger partial charge in [-0.05, 0) is 29.8 Å². The Labute approximate surface area is 133 Å². The third-order valence-electron chi connectivity index (χ3n) is 3.08. The number of carbonyl (C=O) groups is 1. The molecule has 2 rings (SSSR count). The first-order valence-electron chi connectivity index (χ1n) is 6.81. The van der Waals surface area contributed by atoms with Crippen LogP contribution in [0.5, 0.6) is 5.75 Å². The molecule has 6 heteroatoms. The van der Waals surface area contributed by atoms with Gasteiger partial charge >= 0.3 is 5.97 Å². The van der Waals surface area contributed by atoms with Crippen LogP contribution in [0.2, 0.25) is 0 Å². The van der Waals surface area contributed by atoms with Crippen molar-refractivity contribution in [3.05, 3.63) is 75.8 Å². The minimum Gasteiger partial charge on any atom is -0.496 e. The Hall–Kier alpha value is -3.15. The summed E-state index contributed by atoms with van der Waals surface area (Å²) in [7, 11) is 1.55. The van der Waals surface area contributed by atoms with E-state index in [1.54, 1.807) is 25.3 Å². The quantitative estimate of drug-likeness (QED) is 0.353. The molecule has 0 aromatic heterocycles. The molecule has 23 heavy (non-hydrogen) atoms. The number of rotatable bonds is 6. The molecule has 0 N–H and O–H groups in total. The smallest absolute Gasteiger partial charge is 0.331 e. The summed E-state index contributed by atoms with van der Waals surface area (Å²) in [5.41, 5.74) is 1.44. The van der Waals surface area contributed by atoms with Crippen LogP contribution in [-0.2, 0) is 16.1 Å². The van der Waals surface area contributed by atoms with Crippen molar-refractivity contribution in [3.63, 3.8) is 0 Å². The molecule has 0 aliphatic heterocycles. The van der Waals surface area contributed by atoms with Gasteiger partial charge in [-0.2, -0.15) is 0 Å². The third-order valence-corrected chi connectivity index (χ3v) is 3.08. The van der Waals surface area contributed by atoms with Crippen molar-refractivity contribution >= 4 is 17.7 Å². The number of non-ortho nitro benzene ring substituents is 1. The summed E-state index contributed by atoms with van der Waals surface area (Å²) in [6.07, 6.45) is 2.81. The number of nitro groups is 1. The van der Waals surface area contributed by atoms with Crippen molar-refractivity contribution in [2.45, 2.75) is 6.61 Å². The second kappa shape index (κ2) is 7.74. The van der Waals surface area contributed by atoms with Crippen LogP contribution in [-0.4, -0.2) is 18.0 Å². The van der Waals surface area contributed by atoms with Crippen molar-refractivity contribution < 1.29 is 19.2 Å². The van der Waals surface area contributed by atoms with Gasteiger partial charge in [-0.1, -0.05) is 18.2 Å². The molecule has 0 atom stereocenters. The monoisotopic (exact) mass is 313 g/mol. The molecule has 0 saturated heterocycles. The lowest BCUT2D eigenvalue weighted by Gasteiger charge is -2.07. The van der Waals surface area contributed by atoms with Gasteiger partial charge in [0.25, 0.3) is 5.69 Å². The number of methoxy groups -OCH3 is 1. The van der Waals surface area contributed by atoms with Crippen LogP contribution in [0.25, 0.3) is 6.08 Å². The summed E-state index contributed by atoms with van der Waals surface area (Å²) < 4.78 is 10.3. The van der Waals surface area contributed by atoms with Crippen LogP contribution in [0.15, 0.2) is 54.6 Å². The molecule has 0 fully saturated rings. The number of hydrogen-bond acceptors (Lipinski definition) is 5. The first-order valence-corrected chi connectivity index (χ1v) is 6.81. The molecule has 0 aliphatic carbocycles. The maximum atomic E-state index is 11.7. The Morgan fingerprint density at radius 1 is 1.17 bits per heavy atom. The summed E-state index contributed by atoms with van der Waals surface area (Å²) in [4.78, 5) is 21.8. The Morgan fingerprint density at radius 2 is 1.87 bits per heavy atom. The van der Waals surface area contributed by atoms with Crippen LogP contribution in [0.4, 0.5) is 5.69 Å². The maximum Gasteiger partial charge on any atom is 0.331 e. The minimum atomic E-state index is -0.505. The fourth-order valence-corrected chi connectivity index (χ4v) is 1.89. The Morgan fingerprint density at radius 3 is 2.52 bits per heavy atom. The topological polar surface area (TPSA) is 78.7 Å². The van der Waals surface area contributed by atoms with Crippen molar-refractivity contribution in [1.82, 2.24) is 0 Å². The lowest BCUT2D eigenvalue weighted by molar-refractivity contribution is -0.384. The fourth-order valence-electron chi connectivity index (χ4n) is 1.89. The van der Waals surface area contributed by atoms with Crippen molar-refractivity contribution in [3.8, 4) is 5.75 Å². The highest BCUT2D eigenvalue weighted by Gasteiger charge is 2.05. The van der Waals surface area contributed by atoms with Gasteiger partial charge < -0.3 is 9.47 Å². The molecule has 2 aromatic carbocycles. The van der Waals surface area contributed by atoms with Gasteiger partial charge in [-0.3, -0.25) is 10.1 Å². The van der Waals surface area contributed by atoms with Crippen molar-refractivity contribution in [2.24, 2.45) is 0 Å². The predicted molar refractivity (Wildman–Crippen MR) is 84.9 cm³/mol. The highest BCUT2D eigenvalue weighted by molar-refractivity contribution is 5.87. The second-order valence-corrected chi connectivity index (χ2v) is 4.60. The van der Waals surface area contributed by atoms with E-state index in [1.165, 1.54) is 24.3 Å². The van der Waals surface area contributed by atoms with Crippen LogP contribution in [0.3, 0.4) is 0 Å². The van der Waals surface area contributed by atoms with Gasteiger partial charge in [-0.15, -0.1) is 0 Å². The van der Waals surface area contributed by atoms with E-state index in [0.717, 1.165) is 5.56 Å². The number of para-hydroxylation sites is 1. The van der Waals surface area contributed by atoms with Crippen LogP contribution in [0, 0.1) is 10.1 Å². The zero-order valence-corrected chi connectivity index (χ0v) is 12.5. The molecule has 0 spiro atoms. The van der Waals surface area contributed by atoms with Gasteiger partial charge in [0.1, 0.15) is 12.4 Å². The van der Waals surface area contributed by atoms with Gasteiger partial charge in [0.2, 0.25) is 0 Å². The SMILES string of the molecule is COc1ccccc1COC(=O)/C=C/c1ccc([N+](=O)[O-])cc1. The average molecular weight is 313 g/mol. The van der Waals surface area contributed by atoms with E-state index >= 15 is 0 Å². The summed E-state index contributed by atoms with van der Waals surface area (Å²) in [5, 5.41) is 10.6. The Balaban J connectivity index is 1.92.